The van der Waals surface area contributed by atoms with Gasteiger partial charge in [0.25, 0.3) is 0 Å². The number of hydrogen-bond acceptors (Lipinski definition) is 5. The van der Waals surface area contributed by atoms with Crippen LogP contribution in [0.15, 0.2) is 62.6 Å². The summed E-state index contributed by atoms with van der Waals surface area (Å²) in [6.07, 6.45) is 0.743. The molecule has 0 aliphatic rings. The van der Waals surface area contributed by atoms with Crippen LogP contribution in [0.4, 0.5) is 5.69 Å². The van der Waals surface area contributed by atoms with Crippen LogP contribution in [-0.4, -0.2) is 22.1 Å². The van der Waals surface area contributed by atoms with Crippen molar-refractivity contribution in [3.8, 4) is 0 Å². The van der Waals surface area contributed by atoms with Crippen molar-refractivity contribution in [2.24, 2.45) is 5.73 Å². The Hall–Kier alpha value is -3.00. The maximum atomic E-state index is 12.3. The van der Waals surface area contributed by atoms with Crippen molar-refractivity contribution in [1.29, 1.82) is 0 Å². The molecule has 0 aliphatic heterocycles. The maximum absolute atomic E-state index is 12.3. The Morgan fingerprint density at radius 3 is 2.67 bits per heavy atom. The monoisotopic (exact) mass is 385 g/mol. The van der Waals surface area contributed by atoms with Gasteiger partial charge in [0.15, 0.2) is 5.58 Å². The Balaban J connectivity index is 1.58. The van der Waals surface area contributed by atoms with E-state index in [2.05, 4.69) is 5.32 Å². The smallest absolute Gasteiger partial charge is 0.408 e. The summed E-state index contributed by atoms with van der Waals surface area (Å²) in [6, 6.07) is 14.4. The van der Waals surface area contributed by atoms with Crippen LogP contribution < -0.4 is 16.8 Å². The van der Waals surface area contributed by atoms with Crippen LogP contribution >= 0.6 is 11.8 Å². The van der Waals surface area contributed by atoms with E-state index >= 15 is 0 Å². The first-order chi connectivity index (χ1) is 13.0. The zero-order valence-electron chi connectivity index (χ0n) is 14.5. The number of primary amides is 1. The van der Waals surface area contributed by atoms with Gasteiger partial charge in [0.1, 0.15) is 0 Å². The van der Waals surface area contributed by atoms with Gasteiger partial charge in [-0.05, 0) is 30.7 Å². The summed E-state index contributed by atoms with van der Waals surface area (Å²) >= 11 is 1.28. The fraction of sp³-hybridized carbons (Fsp3) is 0.211. The fourth-order valence-corrected chi connectivity index (χ4v) is 3.43. The van der Waals surface area contributed by atoms with E-state index in [4.69, 9.17) is 10.2 Å². The maximum Gasteiger partial charge on any atom is 0.419 e. The average molecular weight is 385 g/mol. The molecule has 2 aromatic carbocycles. The zero-order valence-corrected chi connectivity index (χ0v) is 15.3. The molecule has 27 heavy (non-hydrogen) atoms. The molecule has 0 saturated carbocycles. The Bertz CT molecular complexity index is 1020. The minimum atomic E-state index is -0.426. The quantitative estimate of drug-likeness (QED) is 0.580. The van der Waals surface area contributed by atoms with Crippen molar-refractivity contribution >= 4 is 40.4 Å². The van der Waals surface area contributed by atoms with Crippen LogP contribution in [0, 0.1) is 0 Å². The van der Waals surface area contributed by atoms with Gasteiger partial charge in [-0.2, -0.15) is 0 Å². The topological polar surface area (TPSA) is 107 Å². The van der Waals surface area contributed by atoms with E-state index < -0.39 is 11.7 Å². The molecule has 0 fully saturated rings. The van der Waals surface area contributed by atoms with E-state index in [0.717, 1.165) is 10.4 Å². The number of oxazole rings is 1. The summed E-state index contributed by atoms with van der Waals surface area (Å²) in [7, 11) is 0. The SMILES string of the molecule is NC(=O)CSc1ccccc1NC(=O)CCCn1c(=O)oc2ccccc21. The fourth-order valence-electron chi connectivity index (χ4n) is 2.68. The first kappa shape index (κ1) is 18.8. The molecule has 2 amide bonds. The van der Waals surface area contributed by atoms with Crippen LogP contribution in [0.1, 0.15) is 12.8 Å². The standard InChI is InChI=1S/C19H19N3O4S/c20-17(23)12-27-16-9-4-1-6-13(16)21-18(24)10-5-11-22-14-7-2-3-8-15(14)26-19(22)25/h1-4,6-9H,5,10-12H2,(H2,20,23)(H,21,24). The number of hydrogen-bond donors (Lipinski definition) is 2. The Labute approximate surface area is 159 Å². The highest BCUT2D eigenvalue weighted by Crippen LogP contribution is 2.26. The van der Waals surface area contributed by atoms with Gasteiger partial charge in [-0.1, -0.05) is 24.3 Å². The number of thioether (sulfide) groups is 1. The normalized spacial score (nSPS) is 10.8. The van der Waals surface area contributed by atoms with Crippen molar-refractivity contribution in [3.05, 3.63) is 59.1 Å². The van der Waals surface area contributed by atoms with Gasteiger partial charge in [-0.25, -0.2) is 4.79 Å². The van der Waals surface area contributed by atoms with Gasteiger partial charge in [0, 0.05) is 17.9 Å². The zero-order chi connectivity index (χ0) is 19.2. The van der Waals surface area contributed by atoms with Crippen molar-refractivity contribution in [2.75, 3.05) is 11.1 Å². The van der Waals surface area contributed by atoms with E-state index in [1.54, 1.807) is 24.3 Å². The molecule has 3 aromatic rings. The third-order valence-electron chi connectivity index (χ3n) is 3.89. The highest BCUT2D eigenvalue weighted by Gasteiger charge is 2.11. The van der Waals surface area contributed by atoms with E-state index in [1.807, 2.05) is 24.3 Å². The van der Waals surface area contributed by atoms with Gasteiger partial charge in [0.05, 0.1) is 17.0 Å². The molecular formula is C19H19N3O4S. The van der Waals surface area contributed by atoms with Crippen LogP contribution in [0.5, 0.6) is 0 Å². The lowest BCUT2D eigenvalue weighted by atomic mass is 10.2. The molecule has 3 N–H and O–H groups in total. The number of amides is 2. The molecule has 140 valence electrons. The summed E-state index contributed by atoms with van der Waals surface area (Å²) in [5.41, 5.74) is 7.06. The number of para-hydroxylation sites is 3. The summed E-state index contributed by atoms with van der Waals surface area (Å²) in [6.45, 7) is 0.390. The summed E-state index contributed by atoms with van der Waals surface area (Å²) < 4.78 is 6.71. The first-order valence-electron chi connectivity index (χ1n) is 8.43. The number of carbonyl (C=O) groups excluding carboxylic acids is 2. The lowest BCUT2D eigenvalue weighted by Crippen LogP contribution is -2.17. The summed E-state index contributed by atoms with van der Waals surface area (Å²) in [5, 5.41) is 2.84. The van der Waals surface area contributed by atoms with Crippen molar-refractivity contribution in [1.82, 2.24) is 4.57 Å². The number of fused-ring (bicyclic) bond motifs is 1. The number of nitrogens with one attached hydrogen (secondary N) is 1. The first-order valence-corrected chi connectivity index (χ1v) is 9.41. The number of aryl methyl sites for hydroxylation is 1. The molecule has 7 nitrogen and oxygen atoms in total. The molecule has 1 heterocycles. The number of nitrogens with zero attached hydrogens (tertiary/aromatic N) is 1. The molecular weight excluding hydrogens is 366 g/mol. The van der Waals surface area contributed by atoms with Gasteiger partial charge >= 0.3 is 5.76 Å². The third-order valence-corrected chi connectivity index (χ3v) is 4.99. The van der Waals surface area contributed by atoms with E-state index in [9.17, 15) is 14.4 Å². The van der Waals surface area contributed by atoms with Gasteiger partial charge in [-0.15, -0.1) is 11.8 Å². The van der Waals surface area contributed by atoms with Crippen molar-refractivity contribution in [2.45, 2.75) is 24.3 Å². The van der Waals surface area contributed by atoms with Gasteiger partial charge in [-0.3, -0.25) is 14.2 Å². The Morgan fingerprint density at radius 2 is 1.85 bits per heavy atom. The van der Waals surface area contributed by atoms with Crippen LogP contribution in [0.3, 0.4) is 0 Å². The van der Waals surface area contributed by atoms with Crippen molar-refractivity contribution in [3.63, 3.8) is 0 Å². The Kier molecular flexibility index (Phi) is 5.97. The second-order valence-corrected chi connectivity index (χ2v) is 6.91. The predicted octanol–water partition coefficient (Wildman–Crippen LogP) is 2.59. The Morgan fingerprint density at radius 1 is 1.11 bits per heavy atom. The number of carbonyl (C=O) groups is 2. The molecule has 8 heteroatoms. The average Bonchev–Trinajstić information content (AvgIpc) is 2.96. The second-order valence-electron chi connectivity index (χ2n) is 5.89. The number of aromatic nitrogens is 1. The lowest BCUT2D eigenvalue weighted by Gasteiger charge is -2.10. The predicted molar refractivity (Wildman–Crippen MR) is 105 cm³/mol. The van der Waals surface area contributed by atoms with E-state index in [-0.39, 0.29) is 18.1 Å². The molecule has 0 bridgehead atoms. The number of rotatable bonds is 8. The molecule has 0 atom stereocenters. The second kappa shape index (κ2) is 8.59. The number of benzene rings is 2. The molecule has 1 aromatic heterocycles. The highest BCUT2D eigenvalue weighted by atomic mass is 32.2. The molecule has 0 unspecified atom stereocenters. The third kappa shape index (κ3) is 4.79. The number of anilines is 1. The van der Waals surface area contributed by atoms with Crippen LogP contribution in [-0.2, 0) is 16.1 Å². The summed E-state index contributed by atoms with van der Waals surface area (Å²) in [4.78, 5) is 35.9. The molecule has 0 spiro atoms. The molecule has 0 aliphatic carbocycles. The minimum absolute atomic E-state index is 0.142. The van der Waals surface area contributed by atoms with E-state index in [0.29, 0.717) is 24.2 Å². The lowest BCUT2D eigenvalue weighted by molar-refractivity contribution is -0.116. The van der Waals surface area contributed by atoms with Crippen molar-refractivity contribution < 1.29 is 14.0 Å². The van der Waals surface area contributed by atoms with Crippen LogP contribution in [0.2, 0.25) is 0 Å². The molecule has 0 radical (unpaired) electrons. The highest BCUT2D eigenvalue weighted by molar-refractivity contribution is 8.00. The van der Waals surface area contributed by atoms with Gasteiger partial charge in [0.2, 0.25) is 11.8 Å². The van der Waals surface area contributed by atoms with Gasteiger partial charge < -0.3 is 15.5 Å². The number of nitrogens with two attached hydrogens (primary N) is 1. The molecule has 0 saturated heterocycles. The summed E-state index contributed by atoms with van der Waals surface area (Å²) in [5.74, 6) is -0.865. The van der Waals surface area contributed by atoms with E-state index in [1.165, 1.54) is 16.3 Å². The minimum Gasteiger partial charge on any atom is -0.408 e. The molecule has 3 rings (SSSR count). The van der Waals surface area contributed by atoms with Crippen LogP contribution in [0.25, 0.3) is 11.1 Å². The largest absolute Gasteiger partial charge is 0.419 e.